The van der Waals surface area contributed by atoms with Gasteiger partial charge in [-0.05, 0) is 43.9 Å². The van der Waals surface area contributed by atoms with Crippen LogP contribution in [0, 0.1) is 12.8 Å². The van der Waals surface area contributed by atoms with Crippen molar-refractivity contribution in [2.45, 2.75) is 19.8 Å². The molecule has 124 valence electrons. The van der Waals surface area contributed by atoms with E-state index < -0.39 is 0 Å². The lowest BCUT2D eigenvalue weighted by molar-refractivity contribution is 0.427. The number of fused-ring (bicyclic) bond motifs is 1. The van der Waals surface area contributed by atoms with Gasteiger partial charge in [-0.2, -0.15) is 4.52 Å². The molecule has 0 bridgehead atoms. The Kier molecular flexibility index (Phi) is 3.94. The van der Waals surface area contributed by atoms with Crippen LogP contribution in [-0.4, -0.2) is 49.4 Å². The number of rotatable bonds is 4. The Labute approximate surface area is 140 Å². The first-order valence-corrected chi connectivity index (χ1v) is 8.24. The van der Waals surface area contributed by atoms with Crippen molar-refractivity contribution in [1.29, 1.82) is 0 Å². The molecule has 0 aliphatic carbocycles. The molecule has 0 amide bonds. The molecule has 0 radical (unpaired) electrons. The van der Waals surface area contributed by atoms with Gasteiger partial charge in [-0.25, -0.2) is 9.97 Å². The largest absolute Gasteiger partial charge is 0.368 e. The van der Waals surface area contributed by atoms with Gasteiger partial charge in [0, 0.05) is 32.0 Å². The minimum atomic E-state index is 0.544. The predicted molar refractivity (Wildman–Crippen MR) is 91.0 cm³/mol. The highest BCUT2D eigenvalue weighted by atomic mass is 15.4. The van der Waals surface area contributed by atoms with E-state index in [2.05, 4.69) is 35.5 Å². The third-order valence-electron chi connectivity index (χ3n) is 4.34. The van der Waals surface area contributed by atoms with Crippen LogP contribution in [0.5, 0.6) is 0 Å². The summed E-state index contributed by atoms with van der Waals surface area (Å²) in [5, 5.41) is 16.1. The summed E-state index contributed by atoms with van der Waals surface area (Å²) in [5.41, 5.74) is 0.767. The Balaban J connectivity index is 1.40. The summed E-state index contributed by atoms with van der Waals surface area (Å²) in [7, 11) is 0. The average molecular weight is 324 g/mol. The molecule has 1 atom stereocenters. The number of nitrogens with zero attached hydrogens (tertiary/aromatic N) is 7. The molecule has 1 N–H and O–H groups in total. The van der Waals surface area contributed by atoms with Crippen molar-refractivity contribution >= 4 is 17.4 Å². The van der Waals surface area contributed by atoms with E-state index >= 15 is 0 Å². The standard InChI is InChI=1S/C16H20N8/c1-12-20-21-15-6-5-14(22-24(12)15)19-10-13-4-2-9-23(11-13)16-17-7-3-8-18-16/h3,5-8,13H,2,4,9-11H2,1H3,(H,19,22). The zero-order chi connectivity index (χ0) is 16.4. The van der Waals surface area contributed by atoms with Crippen LogP contribution in [0.4, 0.5) is 11.8 Å². The van der Waals surface area contributed by atoms with Crippen molar-refractivity contribution in [2.24, 2.45) is 5.92 Å². The topological polar surface area (TPSA) is 84.1 Å². The second-order valence-electron chi connectivity index (χ2n) is 6.12. The van der Waals surface area contributed by atoms with Gasteiger partial charge in [0.05, 0.1) is 0 Å². The Morgan fingerprint density at radius 1 is 1.21 bits per heavy atom. The number of hydrogen-bond donors (Lipinski definition) is 1. The molecule has 1 unspecified atom stereocenters. The lowest BCUT2D eigenvalue weighted by atomic mass is 9.98. The van der Waals surface area contributed by atoms with Crippen LogP contribution in [0.15, 0.2) is 30.6 Å². The summed E-state index contributed by atoms with van der Waals surface area (Å²) in [4.78, 5) is 11.0. The van der Waals surface area contributed by atoms with E-state index in [1.165, 1.54) is 6.42 Å². The Morgan fingerprint density at radius 2 is 2.08 bits per heavy atom. The third kappa shape index (κ3) is 2.99. The lowest BCUT2D eigenvalue weighted by Gasteiger charge is -2.32. The fourth-order valence-electron chi connectivity index (χ4n) is 3.11. The van der Waals surface area contributed by atoms with Crippen molar-refractivity contribution < 1.29 is 0 Å². The second-order valence-corrected chi connectivity index (χ2v) is 6.12. The fraction of sp³-hybridized carbons (Fsp3) is 0.438. The lowest BCUT2D eigenvalue weighted by Crippen LogP contribution is -2.39. The van der Waals surface area contributed by atoms with Gasteiger partial charge in [0.15, 0.2) is 11.5 Å². The SMILES string of the molecule is Cc1nnc2ccc(NCC3CCCN(c4ncccn4)C3)nn12. The van der Waals surface area contributed by atoms with E-state index in [0.29, 0.717) is 5.92 Å². The molecule has 3 aromatic rings. The number of nitrogens with one attached hydrogen (secondary N) is 1. The Hall–Kier alpha value is -2.77. The van der Waals surface area contributed by atoms with Gasteiger partial charge in [-0.15, -0.1) is 15.3 Å². The summed E-state index contributed by atoms with van der Waals surface area (Å²) < 4.78 is 1.76. The van der Waals surface area contributed by atoms with E-state index in [1.54, 1.807) is 16.9 Å². The van der Waals surface area contributed by atoms with Gasteiger partial charge in [0.25, 0.3) is 0 Å². The monoisotopic (exact) mass is 324 g/mol. The molecular formula is C16H20N8. The molecule has 0 aromatic carbocycles. The second kappa shape index (κ2) is 6.38. The van der Waals surface area contributed by atoms with E-state index in [0.717, 1.165) is 49.3 Å². The summed E-state index contributed by atoms with van der Waals surface area (Å²) in [6.07, 6.45) is 5.95. The van der Waals surface area contributed by atoms with Crippen molar-refractivity contribution in [3.05, 3.63) is 36.4 Å². The van der Waals surface area contributed by atoms with Crippen molar-refractivity contribution in [3.63, 3.8) is 0 Å². The van der Waals surface area contributed by atoms with Gasteiger partial charge in [0.1, 0.15) is 5.82 Å². The average Bonchev–Trinajstić information content (AvgIpc) is 3.02. The number of hydrogen-bond acceptors (Lipinski definition) is 7. The molecule has 8 heteroatoms. The molecule has 24 heavy (non-hydrogen) atoms. The predicted octanol–water partition coefficient (Wildman–Crippen LogP) is 1.55. The maximum absolute atomic E-state index is 4.54. The number of aryl methyl sites for hydroxylation is 1. The number of anilines is 2. The molecule has 1 saturated heterocycles. The van der Waals surface area contributed by atoms with Gasteiger partial charge in [-0.3, -0.25) is 0 Å². The Bertz CT molecular complexity index is 815. The molecule has 1 fully saturated rings. The minimum Gasteiger partial charge on any atom is -0.368 e. The molecule has 0 saturated carbocycles. The Morgan fingerprint density at radius 3 is 2.96 bits per heavy atom. The van der Waals surface area contributed by atoms with Gasteiger partial charge < -0.3 is 10.2 Å². The maximum atomic E-state index is 4.54. The molecule has 4 heterocycles. The van der Waals surface area contributed by atoms with Gasteiger partial charge >= 0.3 is 0 Å². The van der Waals surface area contributed by atoms with Crippen LogP contribution in [0.1, 0.15) is 18.7 Å². The highest BCUT2D eigenvalue weighted by molar-refractivity contribution is 5.44. The first kappa shape index (κ1) is 14.8. The minimum absolute atomic E-state index is 0.544. The summed E-state index contributed by atoms with van der Waals surface area (Å²) in [6.45, 7) is 4.76. The molecule has 4 rings (SSSR count). The highest BCUT2D eigenvalue weighted by Gasteiger charge is 2.21. The molecule has 1 aliphatic rings. The van der Waals surface area contributed by atoms with Crippen LogP contribution in [0.2, 0.25) is 0 Å². The first-order chi connectivity index (χ1) is 11.8. The summed E-state index contributed by atoms with van der Waals surface area (Å²) in [5.74, 6) is 3.00. The summed E-state index contributed by atoms with van der Waals surface area (Å²) in [6, 6.07) is 5.73. The maximum Gasteiger partial charge on any atom is 0.225 e. The molecule has 1 aliphatic heterocycles. The van der Waals surface area contributed by atoms with Crippen LogP contribution in [0.25, 0.3) is 5.65 Å². The number of piperidine rings is 1. The molecule has 3 aromatic heterocycles. The van der Waals surface area contributed by atoms with Crippen molar-refractivity contribution in [1.82, 2.24) is 29.8 Å². The normalized spacial score (nSPS) is 18.0. The molecule has 8 nitrogen and oxygen atoms in total. The van der Waals surface area contributed by atoms with Gasteiger partial charge in [0.2, 0.25) is 5.95 Å². The van der Waals surface area contributed by atoms with Crippen molar-refractivity contribution in [3.8, 4) is 0 Å². The molecule has 0 spiro atoms. The quantitative estimate of drug-likeness (QED) is 0.779. The van der Waals surface area contributed by atoms with E-state index in [9.17, 15) is 0 Å². The van der Waals surface area contributed by atoms with E-state index in [1.807, 2.05) is 25.1 Å². The van der Waals surface area contributed by atoms with Crippen LogP contribution in [0.3, 0.4) is 0 Å². The molecular weight excluding hydrogens is 304 g/mol. The van der Waals surface area contributed by atoms with Crippen LogP contribution in [-0.2, 0) is 0 Å². The fourth-order valence-corrected chi connectivity index (χ4v) is 3.11. The van der Waals surface area contributed by atoms with Crippen LogP contribution < -0.4 is 10.2 Å². The zero-order valence-electron chi connectivity index (χ0n) is 13.6. The highest BCUT2D eigenvalue weighted by Crippen LogP contribution is 2.20. The van der Waals surface area contributed by atoms with Crippen molar-refractivity contribution in [2.75, 3.05) is 29.9 Å². The zero-order valence-corrected chi connectivity index (χ0v) is 13.6. The van der Waals surface area contributed by atoms with Crippen LogP contribution >= 0.6 is 0 Å². The van der Waals surface area contributed by atoms with E-state index in [-0.39, 0.29) is 0 Å². The number of aromatic nitrogens is 6. The smallest absolute Gasteiger partial charge is 0.225 e. The first-order valence-electron chi connectivity index (χ1n) is 8.24. The summed E-state index contributed by atoms with van der Waals surface area (Å²) >= 11 is 0. The third-order valence-corrected chi connectivity index (χ3v) is 4.34. The van der Waals surface area contributed by atoms with Gasteiger partial charge in [-0.1, -0.05) is 0 Å². The van der Waals surface area contributed by atoms with E-state index in [4.69, 9.17) is 0 Å².